The Hall–Kier alpha value is -2.04. The average molecular weight is 522 g/mol. The molecule has 0 fully saturated rings. The third kappa shape index (κ3) is 7.24. The summed E-state index contributed by atoms with van der Waals surface area (Å²) in [6.07, 6.45) is -2.36. The molecule has 0 radical (unpaired) electrons. The van der Waals surface area contributed by atoms with Gasteiger partial charge in [0.2, 0.25) is 10.0 Å². The number of hydrogen-bond donors (Lipinski definition) is 2. The maximum Gasteiger partial charge on any atom is 0.330 e. The van der Waals surface area contributed by atoms with Crippen LogP contribution in [0.15, 0.2) is 59.5 Å². The molecule has 2 N–H and O–H groups in total. The molecule has 0 bridgehead atoms. The van der Waals surface area contributed by atoms with Gasteiger partial charge in [0.05, 0.1) is 11.0 Å². The van der Waals surface area contributed by atoms with Gasteiger partial charge in [0, 0.05) is 0 Å². The molecule has 0 aliphatic heterocycles. The van der Waals surface area contributed by atoms with Crippen LogP contribution >= 0.6 is 0 Å². The van der Waals surface area contributed by atoms with Crippen LogP contribution in [0.3, 0.4) is 0 Å². The molecule has 2 aromatic carbocycles. The van der Waals surface area contributed by atoms with Crippen LogP contribution in [0, 0.1) is 6.92 Å². The molecule has 0 spiro atoms. The summed E-state index contributed by atoms with van der Waals surface area (Å²) in [6, 6.07) is 15.3. The average Bonchev–Trinajstić information content (AvgIpc) is 2.76. The maximum absolute atomic E-state index is 13.4. The highest BCUT2D eigenvalue weighted by Gasteiger charge is 2.50. The third-order valence-electron chi connectivity index (χ3n) is 6.64. The number of esters is 1. The predicted molar refractivity (Wildman–Crippen MR) is 140 cm³/mol. The van der Waals surface area contributed by atoms with E-state index in [9.17, 15) is 18.3 Å². The molecule has 2 aromatic rings. The van der Waals surface area contributed by atoms with E-state index < -0.39 is 42.1 Å². The van der Waals surface area contributed by atoms with Gasteiger partial charge in [-0.1, -0.05) is 68.8 Å². The molecule has 0 aromatic heterocycles. The van der Waals surface area contributed by atoms with E-state index in [1.807, 2.05) is 38.2 Å². The lowest BCUT2D eigenvalue weighted by atomic mass is 9.92. The number of benzene rings is 2. The highest BCUT2D eigenvalue weighted by molar-refractivity contribution is 7.89. The summed E-state index contributed by atoms with van der Waals surface area (Å²) in [4.78, 5) is 13.3. The van der Waals surface area contributed by atoms with Crippen LogP contribution in [-0.2, 0) is 30.6 Å². The molecule has 35 heavy (non-hydrogen) atoms. The van der Waals surface area contributed by atoms with Crippen molar-refractivity contribution in [1.82, 2.24) is 4.72 Å². The first-order valence-corrected chi connectivity index (χ1v) is 16.1. The molecule has 0 aliphatic rings. The van der Waals surface area contributed by atoms with Crippen molar-refractivity contribution in [3.05, 3.63) is 65.7 Å². The van der Waals surface area contributed by atoms with E-state index in [1.165, 1.54) is 19.1 Å². The molecule has 0 unspecified atom stereocenters. The largest absolute Gasteiger partial charge is 0.459 e. The minimum Gasteiger partial charge on any atom is -0.459 e. The SMILES string of the molecule is Cc1ccc(S(=O)(=O)N[C@](C)(C(=O)OCc2ccccc2)[C@@H](O)[C@H](C)O[Si](C)(C)C(C)(C)C)cc1. The van der Waals surface area contributed by atoms with Crippen molar-refractivity contribution >= 4 is 24.3 Å². The number of aryl methyl sites for hydroxylation is 1. The van der Waals surface area contributed by atoms with Crippen LogP contribution in [0.25, 0.3) is 0 Å². The second-order valence-electron chi connectivity index (χ2n) is 10.7. The Balaban J connectivity index is 2.39. The number of hydrogen-bond acceptors (Lipinski definition) is 6. The number of rotatable bonds is 10. The van der Waals surface area contributed by atoms with Crippen LogP contribution in [0.5, 0.6) is 0 Å². The van der Waals surface area contributed by atoms with E-state index in [-0.39, 0.29) is 16.5 Å². The van der Waals surface area contributed by atoms with E-state index in [2.05, 4.69) is 25.5 Å². The van der Waals surface area contributed by atoms with Gasteiger partial charge in [-0.15, -0.1) is 0 Å². The molecule has 0 aliphatic carbocycles. The first-order chi connectivity index (χ1) is 16.0. The van der Waals surface area contributed by atoms with Crippen LogP contribution < -0.4 is 4.72 Å². The molecule has 7 nitrogen and oxygen atoms in total. The van der Waals surface area contributed by atoms with Gasteiger partial charge >= 0.3 is 5.97 Å². The Morgan fingerprint density at radius 1 is 1.03 bits per heavy atom. The molecular formula is C26H39NO6SSi. The van der Waals surface area contributed by atoms with Crippen LogP contribution in [0.4, 0.5) is 0 Å². The second kappa shape index (κ2) is 10.9. The van der Waals surface area contributed by atoms with Gasteiger partial charge in [0.15, 0.2) is 13.9 Å². The fourth-order valence-corrected chi connectivity index (χ4v) is 6.11. The predicted octanol–water partition coefficient (Wildman–Crippen LogP) is 4.55. The Morgan fingerprint density at radius 3 is 2.09 bits per heavy atom. The molecule has 3 atom stereocenters. The highest BCUT2D eigenvalue weighted by Crippen LogP contribution is 2.38. The first kappa shape index (κ1) is 29.2. The summed E-state index contributed by atoms with van der Waals surface area (Å²) in [5.74, 6) is -0.893. The van der Waals surface area contributed by atoms with Crippen LogP contribution in [-0.4, -0.2) is 45.6 Å². The van der Waals surface area contributed by atoms with Gasteiger partial charge < -0.3 is 14.3 Å². The van der Waals surface area contributed by atoms with Crippen LogP contribution in [0.2, 0.25) is 18.1 Å². The van der Waals surface area contributed by atoms with Gasteiger partial charge in [-0.3, -0.25) is 0 Å². The van der Waals surface area contributed by atoms with Gasteiger partial charge in [-0.05, 0) is 56.6 Å². The lowest BCUT2D eigenvalue weighted by molar-refractivity contribution is -0.159. The van der Waals surface area contributed by atoms with Gasteiger partial charge in [0.1, 0.15) is 12.7 Å². The number of carbonyl (C=O) groups is 1. The number of nitrogens with one attached hydrogen (secondary N) is 1. The molecule has 0 heterocycles. The Morgan fingerprint density at radius 2 is 1.57 bits per heavy atom. The van der Waals surface area contributed by atoms with E-state index in [0.717, 1.165) is 11.1 Å². The summed E-state index contributed by atoms with van der Waals surface area (Å²) in [5.41, 5.74) is -0.365. The number of aliphatic hydroxyl groups is 1. The number of aliphatic hydroxyl groups excluding tert-OH is 1. The summed E-state index contributed by atoms with van der Waals surface area (Å²) >= 11 is 0. The molecule has 194 valence electrons. The smallest absolute Gasteiger partial charge is 0.330 e. The van der Waals surface area contributed by atoms with E-state index in [4.69, 9.17) is 9.16 Å². The van der Waals surface area contributed by atoms with Crippen molar-refractivity contribution in [3.63, 3.8) is 0 Å². The standard InChI is InChI=1S/C26H39NO6SSi/c1-19-14-16-22(17-15-19)34(30,31)27-26(6,24(29)32-18-21-12-10-9-11-13-21)23(28)20(2)33-35(7,8)25(3,4)5/h9-17,20,23,27-28H,18H2,1-8H3/t20-,23-,26-/m0/s1. The summed E-state index contributed by atoms with van der Waals surface area (Å²) < 4.78 is 40.7. The molecule has 9 heteroatoms. The minimum absolute atomic E-state index is 0.0182. The molecule has 0 saturated carbocycles. The number of ether oxygens (including phenoxy) is 1. The summed E-state index contributed by atoms with van der Waals surface area (Å²) in [6.45, 7) is 15.0. The van der Waals surface area contributed by atoms with E-state index in [1.54, 1.807) is 31.2 Å². The quantitative estimate of drug-likeness (QED) is 0.351. The van der Waals surface area contributed by atoms with E-state index >= 15 is 0 Å². The Bertz CT molecular complexity index is 1100. The molecule has 0 amide bonds. The summed E-state index contributed by atoms with van der Waals surface area (Å²) in [7, 11) is -6.50. The van der Waals surface area contributed by atoms with Gasteiger partial charge in [-0.25, -0.2) is 13.2 Å². The highest BCUT2D eigenvalue weighted by atomic mass is 32.2. The number of carbonyl (C=O) groups excluding carboxylic acids is 1. The van der Waals surface area contributed by atoms with Crippen molar-refractivity contribution in [3.8, 4) is 0 Å². The Kier molecular flexibility index (Phi) is 9.11. The lowest BCUT2D eigenvalue weighted by Crippen LogP contribution is -2.64. The third-order valence-corrected chi connectivity index (χ3v) is 12.8. The molecule has 2 rings (SSSR count). The topological polar surface area (TPSA) is 102 Å². The summed E-state index contributed by atoms with van der Waals surface area (Å²) in [5, 5.41) is 11.2. The Labute approximate surface area is 211 Å². The fraction of sp³-hybridized carbons (Fsp3) is 0.500. The first-order valence-electron chi connectivity index (χ1n) is 11.7. The number of sulfonamides is 1. The van der Waals surface area contributed by atoms with Crippen molar-refractivity contribution in [1.29, 1.82) is 0 Å². The van der Waals surface area contributed by atoms with Crippen LogP contribution in [0.1, 0.15) is 45.7 Å². The monoisotopic (exact) mass is 521 g/mol. The fourth-order valence-electron chi connectivity index (χ4n) is 3.33. The zero-order chi connectivity index (χ0) is 26.7. The van der Waals surface area contributed by atoms with Crippen molar-refractivity contribution in [2.75, 3.05) is 0 Å². The molecule has 0 saturated heterocycles. The zero-order valence-corrected chi connectivity index (χ0v) is 23.8. The van der Waals surface area contributed by atoms with Crippen molar-refractivity contribution in [2.45, 2.75) is 88.9 Å². The normalized spacial score (nSPS) is 16.3. The van der Waals surface area contributed by atoms with Gasteiger partial charge in [0.25, 0.3) is 0 Å². The minimum atomic E-state index is -4.17. The maximum atomic E-state index is 13.4. The van der Waals surface area contributed by atoms with Crippen molar-refractivity contribution < 1.29 is 27.5 Å². The van der Waals surface area contributed by atoms with E-state index in [0.29, 0.717) is 0 Å². The molecular weight excluding hydrogens is 482 g/mol. The second-order valence-corrected chi connectivity index (χ2v) is 17.1. The van der Waals surface area contributed by atoms with Crippen molar-refractivity contribution in [2.24, 2.45) is 0 Å². The van der Waals surface area contributed by atoms with Gasteiger partial charge in [-0.2, -0.15) is 4.72 Å². The zero-order valence-electron chi connectivity index (χ0n) is 22.0. The lowest BCUT2D eigenvalue weighted by Gasteiger charge is -2.42.